The molecule has 1 amide bonds. The van der Waals surface area contributed by atoms with Crippen LogP contribution in [0.3, 0.4) is 0 Å². The minimum atomic E-state index is -3.94. The van der Waals surface area contributed by atoms with Gasteiger partial charge in [0.2, 0.25) is 15.9 Å². The molecule has 2 aromatic carbocycles. The van der Waals surface area contributed by atoms with E-state index in [9.17, 15) is 13.2 Å². The SMILES string of the molecule is COc1ccc(OC)c(S(=O)(=O)N2CCC[C@@](COc3ccc(Cl)cc3)(CC(=O)N3CCN(C)CC3)C2)c1. The van der Waals surface area contributed by atoms with E-state index in [-0.39, 0.29) is 36.1 Å². The van der Waals surface area contributed by atoms with Crippen molar-refractivity contribution in [3.05, 3.63) is 47.5 Å². The van der Waals surface area contributed by atoms with Gasteiger partial charge in [-0.25, -0.2) is 8.42 Å². The number of sulfonamides is 1. The molecule has 0 radical (unpaired) electrons. The van der Waals surface area contributed by atoms with Crippen LogP contribution in [0.2, 0.25) is 5.02 Å². The summed E-state index contributed by atoms with van der Waals surface area (Å²) in [6, 6.07) is 11.8. The van der Waals surface area contributed by atoms with Gasteiger partial charge in [-0.1, -0.05) is 11.6 Å². The number of piperidine rings is 1. The van der Waals surface area contributed by atoms with E-state index in [1.54, 1.807) is 36.4 Å². The maximum absolute atomic E-state index is 13.9. The third kappa shape index (κ3) is 6.54. The molecule has 0 N–H and O–H groups in total. The predicted molar refractivity (Wildman–Crippen MR) is 146 cm³/mol. The van der Waals surface area contributed by atoms with Crippen molar-refractivity contribution in [2.45, 2.75) is 24.2 Å². The Hall–Kier alpha value is -2.53. The van der Waals surface area contributed by atoms with Crippen molar-refractivity contribution in [1.82, 2.24) is 14.1 Å². The lowest BCUT2D eigenvalue weighted by Crippen LogP contribution is -2.53. The monoisotopic (exact) mass is 565 g/mol. The Bertz CT molecular complexity index is 1220. The van der Waals surface area contributed by atoms with Gasteiger partial charge in [0.1, 0.15) is 22.1 Å². The third-order valence-electron chi connectivity index (χ3n) is 7.36. The van der Waals surface area contributed by atoms with Gasteiger partial charge < -0.3 is 24.0 Å². The van der Waals surface area contributed by atoms with Crippen LogP contribution in [-0.4, -0.2) is 95.6 Å². The molecule has 208 valence electrons. The molecule has 1 atom stereocenters. The third-order valence-corrected chi connectivity index (χ3v) is 9.47. The number of carbonyl (C=O) groups excluding carboxylic acids is 1. The second kappa shape index (κ2) is 12.1. The number of benzene rings is 2. The van der Waals surface area contributed by atoms with E-state index in [4.69, 9.17) is 25.8 Å². The van der Waals surface area contributed by atoms with Gasteiger partial charge in [0.15, 0.2) is 0 Å². The number of hydrogen-bond donors (Lipinski definition) is 0. The largest absolute Gasteiger partial charge is 0.497 e. The normalized spacial score (nSPS) is 21.2. The first-order chi connectivity index (χ1) is 18.2. The molecule has 0 spiro atoms. The fourth-order valence-electron chi connectivity index (χ4n) is 5.06. The van der Waals surface area contributed by atoms with E-state index in [2.05, 4.69) is 4.90 Å². The number of hydrogen-bond acceptors (Lipinski definition) is 7. The van der Waals surface area contributed by atoms with Gasteiger partial charge in [-0.05, 0) is 56.3 Å². The molecule has 0 unspecified atom stereocenters. The van der Waals surface area contributed by atoms with Gasteiger partial charge in [-0.3, -0.25) is 4.79 Å². The highest BCUT2D eigenvalue weighted by Crippen LogP contribution is 2.39. The Morgan fingerprint density at radius 1 is 0.974 bits per heavy atom. The van der Waals surface area contributed by atoms with Crippen LogP contribution in [0.5, 0.6) is 17.2 Å². The van der Waals surface area contributed by atoms with Gasteiger partial charge in [0.05, 0.1) is 20.8 Å². The van der Waals surface area contributed by atoms with Crippen LogP contribution in [0.25, 0.3) is 0 Å². The molecule has 0 aliphatic carbocycles. The van der Waals surface area contributed by atoms with Gasteiger partial charge in [-0.2, -0.15) is 4.31 Å². The summed E-state index contributed by atoms with van der Waals surface area (Å²) < 4.78 is 46.1. The van der Waals surface area contributed by atoms with Crippen molar-refractivity contribution in [1.29, 1.82) is 0 Å². The highest BCUT2D eigenvalue weighted by Gasteiger charge is 2.44. The fourth-order valence-corrected chi connectivity index (χ4v) is 6.95. The number of rotatable bonds is 9. The Balaban J connectivity index is 1.61. The van der Waals surface area contributed by atoms with E-state index in [1.807, 2.05) is 11.9 Å². The summed E-state index contributed by atoms with van der Waals surface area (Å²) in [6.07, 6.45) is 1.47. The lowest BCUT2D eigenvalue weighted by atomic mass is 9.78. The van der Waals surface area contributed by atoms with Crippen LogP contribution >= 0.6 is 11.6 Å². The molecule has 0 aromatic heterocycles. The zero-order valence-electron chi connectivity index (χ0n) is 22.2. The molecule has 4 rings (SSSR count). The van der Waals surface area contributed by atoms with Crippen LogP contribution in [0, 0.1) is 5.41 Å². The number of nitrogens with zero attached hydrogens (tertiary/aromatic N) is 3. The van der Waals surface area contributed by atoms with Gasteiger partial charge >= 0.3 is 0 Å². The molecule has 2 saturated heterocycles. The number of piperazine rings is 1. The molecular formula is C27H36ClN3O6S. The predicted octanol–water partition coefficient (Wildman–Crippen LogP) is 3.37. The number of amides is 1. The first-order valence-electron chi connectivity index (χ1n) is 12.7. The average Bonchev–Trinajstić information content (AvgIpc) is 2.93. The lowest BCUT2D eigenvalue weighted by Gasteiger charge is -2.43. The first-order valence-corrected chi connectivity index (χ1v) is 14.5. The number of carbonyl (C=O) groups is 1. The van der Waals surface area contributed by atoms with E-state index in [1.165, 1.54) is 24.6 Å². The van der Waals surface area contributed by atoms with Crippen molar-refractivity contribution in [2.75, 3.05) is 67.1 Å². The van der Waals surface area contributed by atoms with Crippen LogP contribution in [-0.2, 0) is 14.8 Å². The van der Waals surface area contributed by atoms with Gasteiger partial charge in [0.25, 0.3) is 0 Å². The molecule has 2 heterocycles. The zero-order valence-corrected chi connectivity index (χ0v) is 23.8. The minimum absolute atomic E-state index is 0.0241. The van der Waals surface area contributed by atoms with Crippen LogP contribution in [0.15, 0.2) is 47.4 Å². The molecule has 9 nitrogen and oxygen atoms in total. The molecule has 0 bridgehead atoms. The molecule has 2 aromatic rings. The van der Waals surface area contributed by atoms with E-state index in [0.717, 1.165) is 13.1 Å². The Morgan fingerprint density at radius 2 is 1.66 bits per heavy atom. The topological polar surface area (TPSA) is 88.6 Å². The number of likely N-dealkylation sites (N-methyl/N-ethyl adjacent to an activating group) is 1. The maximum atomic E-state index is 13.9. The summed E-state index contributed by atoms with van der Waals surface area (Å²) in [6.45, 7) is 3.65. The Labute approximate surface area is 230 Å². The summed E-state index contributed by atoms with van der Waals surface area (Å²) >= 11 is 6.03. The van der Waals surface area contributed by atoms with E-state index in [0.29, 0.717) is 49.0 Å². The number of ether oxygens (including phenoxy) is 3. The molecule has 2 fully saturated rings. The molecule has 2 aliphatic heterocycles. The molecule has 38 heavy (non-hydrogen) atoms. The first kappa shape index (κ1) is 28.5. The average molecular weight is 566 g/mol. The van der Waals surface area contributed by atoms with Crippen molar-refractivity contribution < 1.29 is 27.4 Å². The summed E-state index contributed by atoms with van der Waals surface area (Å²) in [4.78, 5) is 17.6. The molecule has 11 heteroatoms. The highest BCUT2D eigenvalue weighted by molar-refractivity contribution is 7.89. The number of halogens is 1. The van der Waals surface area contributed by atoms with Crippen LogP contribution < -0.4 is 14.2 Å². The fraction of sp³-hybridized carbons (Fsp3) is 0.519. The summed E-state index contributed by atoms with van der Waals surface area (Å²) in [5.74, 6) is 1.31. The van der Waals surface area contributed by atoms with Crippen molar-refractivity contribution in [3.8, 4) is 17.2 Å². The molecule has 0 saturated carbocycles. The standard InChI is InChI=1S/C27H36ClN3O6S/c1-29-13-15-30(16-14-29)26(32)18-27(20-37-22-7-5-21(28)6-8-22)11-4-12-31(19-27)38(33,34)25-17-23(35-2)9-10-24(25)36-3/h5-10,17H,4,11-16,18-20H2,1-3H3/t27-/m1/s1. The molecule has 2 aliphatic rings. The van der Waals surface area contributed by atoms with E-state index < -0.39 is 15.4 Å². The van der Waals surface area contributed by atoms with Gasteiger partial charge in [-0.15, -0.1) is 0 Å². The highest BCUT2D eigenvalue weighted by atomic mass is 35.5. The Morgan fingerprint density at radius 3 is 2.32 bits per heavy atom. The Kier molecular flexibility index (Phi) is 9.07. The second-order valence-corrected chi connectivity index (χ2v) is 12.4. The second-order valence-electron chi connectivity index (χ2n) is 10.1. The minimum Gasteiger partial charge on any atom is -0.497 e. The van der Waals surface area contributed by atoms with Gasteiger partial charge in [0, 0.05) is 62.2 Å². The quantitative estimate of drug-likeness (QED) is 0.460. The number of methoxy groups -OCH3 is 2. The summed E-state index contributed by atoms with van der Waals surface area (Å²) in [5, 5.41) is 0.597. The lowest BCUT2D eigenvalue weighted by molar-refractivity contribution is -0.136. The van der Waals surface area contributed by atoms with Crippen LogP contribution in [0.4, 0.5) is 0 Å². The summed E-state index contributed by atoms with van der Waals surface area (Å²) in [7, 11) is 1.03. The smallest absolute Gasteiger partial charge is 0.246 e. The maximum Gasteiger partial charge on any atom is 0.246 e. The van der Waals surface area contributed by atoms with Crippen LogP contribution in [0.1, 0.15) is 19.3 Å². The molecular weight excluding hydrogens is 530 g/mol. The van der Waals surface area contributed by atoms with Crippen molar-refractivity contribution >= 4 is 27.5 Å². The van der Waals surface area contributed by atoms with Crippen molar-refractivity contribution in [2.24, 2.45) is 5.41 Å². The van der Waals surface area contributed by atoms with Crippen molar-refractivity contribution in [3.63, 3.8) is 0 Å². The summed E-state index contributed by atoms with van der Waals surface area (Å²) in [5.41, 5.74) is -0.697. The zero-order chi connectivity index (χ0) is 27.3. The van der Waals surface area contributed by atoms with E-state index >= 15 is 0 Å².